The number of nitrogens with two attached hydrogens (primary N) is 1. The molecule has 80 valence electrons. The third kappa shape index (κ3) is 2.41. The molecule has 1 aromatic heterocycles. The van der Waals surface area contributed by atoms with Crippen LogP contribution in [0.5, 0.6) is 0 Å². The van der Waals surface area contributed by atoms with Crippen LogP contribution in [0.3, 0.4) is 0 Å². The number of carbonyl (C=O) groups is 1. The smallest absolute Gasteiger partial charge is 0.272 e. The minimum Gasteiger partial charge on any atom is -0.399 e. The van der Waals surface area contributed by atoms with Crippen LogP contribution >= 0.6 is 11.8 Å². The molecule has 1 amide bonds. The third-order valence-electron chi connectivity index (χ3n) is 2.30. The van der Waals surface area contributed by atoms with Gasteiger partial charge in [0.05, 0.1) is 0 Å². The van der Waals surface area contributed by atoms with E-state index in [0.717, 1.165) is 24.6 Å². The quantitative estimate of drug-likeness (QED) is 0.767. The lowest BCUT2D eigenvalue weighted by atomic mass is 10.3. The van der Waals surface area contributed by atoms with Gasteiger partial charge >= 0.3 is 0 Å². The predicted molar refractivity (Wildman–Crippen MR) is 61.9 cm³/mol. The topological polar surface area (TPSA) is 59.2 Å². The Kier molecular flexibility index (Phi) is 3.11. The molecule has 0 bridgehead atoms. The van der Waals surface area contributed by atoms with Gasteiger partial charge < -0.3 is 10.6 Å². The molecule has 2 rings (SSSR count). The summed E-state index contributed by atoms with van der Waals surface area (Å²) in [6, 6.07) is 3.31. The van der Waals surface area contributed by atoms with Crippen molar-refractivity contribution in [2.75, 3.05) is 30.3 Å². The normalized spacial score (nSPS) is 16.4. The van der Waals surface area contributed by atoms with Crippen molar-refractivity contribution in [3.8, 4) is 0 Å². The Hall–Kier alpha value is -1.23. The molecule has 15 heavy (non-hydrogen) atoms. The Morgan fingerprint density at radius 3 is 2.87 bits per heavy atom. The Morgan fingerprint density at radius 1 is 1.47 bits per heavy atom. The number of carbonyl (C=O) groups excluding carboxylic acids is 1. The number of thioether (sulfide) groups is 1. The summed E-state index contributed by atoms with van der Waals surface area (Å²) in [6.45, 7) is 1.61. The first-order valence-electron chi connectivity index (χ1n) is 4.86. The molecular formula is C10H13N3OS. The Labute approximate surface area is 92.9 Å². The van der Waals surface area contributed by atoms with Crippen molar-refractivity contribution in [3.63, 3.8) is 0 Å². The summed E-state index contributed by atoms with van der Waals surface area (Å²) in [5, 5.41) is 0. The summed E-state index contributed by atoms with van der Waals surface area (Å²) < 4.78 is 0. The third-order valence-corrected chi connectivity index (χ3v) is 3.24. The van der Waals surface area contributed by atoms with Crippen LogP contribution in [0.25, 0.3) is 0 Å². The van der Waals surface area contributed by atoms with Crippen molar-refractivity contribution >= 4 is 23.4 Å². The molecule has 0 aliphatic carbocycles. The zero-order chi connectivity index (χ0) is 10.7. The number of hydrogen-bond acceptors (Lipinski definition) is 4. The van der Waals surface area contributed by atoms with Gasteiger partial charge in [0.2, 0.25) is 0 Å². The highest BCUT2D eigenvalue weighted by molar-refractivity contribution is 7.99. The fourth-order valence-corrected chi connectivity index (χ4v) is 2.40. The van der Waals surface area contributed by atoms with Gasteiger partial charge in [-0.2, -0.15) is 11.8 Å². The van der Waals surface area contributed by atoms with Crippen molar-refractivity contribution < 1.29 is 4.79 Å². The summed E-state index contributed by atoms with van der Waals surface area (Å²) in [7, 11) is 0. The molecule has 4 nitrogen and oxygen atoms in total. The SMILES string of the molecule is Nc1ccnc(C(=O)N2CCSCC2)c1. The molecule has 0 atom stereocenters. The summed E-state index contributed by atoms with van der Waals surface area (Å²) in [5.41, 5.74) is 6.64. The average Bonchev–Trinajstić information content (AvgIpc) is 2.29. The number of nitrogens with zero attached hydrogens (tertiary/aromatic N) is 2. The second-order valence-electron chi connectivity index (χ2n) is 3.38. The fraction of sp³-hybridized carbons (Fsp3) is 0.400. The van der Waals surface area contributed by atoms with E-state index in [0.29, 0.717) is 11.4 Å². The van der Waals surface area contributed by atoms with Crippen molar-refractivity contribution in [2.24, 2.45) is 0 Å². The highest BCUT2D eigenvalue weighted by Crippen LogP contribution is 2.13. The number of anilines is 1. The van der Waals surface area contributed by atoms with Crippen LogP contribution in [0.2, 0.25) is 0 Å². The van der Waals surface area contributed by atoms with Crippen molar-refractivity contribution in [1.82, 2.24) is 9.88 Å². The second kappa shape index (κ2) is 4.53. The molecule has 0 unspecified atom stereocenters. The first-order valence-corrected chi connectivity index (χ1v) is 6.01. The predicted octanol–water partition coefficient (Wildman–Crippen LogP) is 0.853. The van der Waals surface area contributed by atoms with Crippen LogP contribution in [0.15, 0.2) is 18.3 Å². The highest BCUT2D eigenvalue weighted by Gasteiger charge is 2.19. The van der Waals surface area contributed by atoms with Gasteiger partial charge in [-0.15, -0.1) is 0 Å². The van der Waals surface area contributed by atoms with Crippen molar-refractivity contribution in [1.29, 1.82) is 0 Å². The molecule has 2 heterocycles. The molecule has 0 radical (unpaired) electrons. The van der Waals surface area contributed by atoms with Crippen molar-refractivity contribution in [3.05, 3.63) is 24.0 Å². The van der Waals surface area contributed by atoms with Gasteiger partial charge in [-0.05, 0) is 12.1 Å². The Morgan fingerprint density at radius 2 is 2.20 bits per heavy atom. The average molecular weight is 223 g/mol. The molecule has 0 spiro atoms. The lowest BCUT2D eigenvalue weighted by Gasteiger charge is -2.25. The van der Waals surface area contributed by atoms with Gasteiger partial charge in [0.1, 0.15) is 5.69 Å². The van der Waals surface area contributed by atoms with Crippen molar-refractivity contribution in [2.45, 2.75) is 0 Å². The standard InChI is InChI=1S/C10H13N3OS/c11-8-1-2-12-9(7-8)10(14)13-3-5-15-6-4-13/h1-2,7H,3-6H2,(H2,11,12). The molecule has 1 aromatic rings. The largest absolute Gasteiger partial charge is 0.399 e. The molecule has 2 N–H and O–H groups in total. The van der Waals surface area contributed by atoms with E-state index in [1.54, 1.807) is 18.3 Å². The Bertz CT molecular complexity index is 363. The highest BCUT2D eigenvalue weighted by atomic mass is 32.2. The van der Waals surface area contributed by atoms with Crippen LogP contribution in [0.4, 0.5) is 5.69 Å². The molecule has 1 aliphatic heterocycles. The number of pyridine rings is 1. The maximum atomic E-state index is 12.0. The molecule has 1 fully saturated rings. The number of rotatable bonds is 1. The van der Waals surface area contributed by atoms with E-state index in [-0.39, 0.29) is 5.91 Å². The van der Waals surface area contributed by atoms with Crippen LogP contribution in [0, 0.1) is 0 Å². The fourth-order valence-electron chi connectivity index (χ4n) is 1.49. The van der Waals surface area contributed by atoms with Gasteiger partial charge in [0.25, 0.3) is 5.91 Å². The Balaban J connectivity index is 2.12. The molecule has 0 aromatic carbocycles. The minimum atomic E-state index is -0.0115. The van der Waals surface area contributed by atoms with Gasteiger partial charge in [-0.1, -0.05) is 0 Å². The van der Waals surface area contributed by atoms with Gasteiger partial charge in [0, 0.05) is 36.5 Å². The molecule has 1 aliphatic rings. The van der Waals surface area contributed by atoms with Crippen LogP contribution in [0.1, 0.15) is 10.5 Å². The van der Waals surface area contributed by atoms with E-state index >= 15 is 0 Å². The molecule has 0 saturated carbocycles. The first kappa shape index (κ1) is 10.3. The van der Waals surface area contributed by atoms with Crippen LogP contribution in [-0.2, 0) is 0 Å². The number of aromatic nitrogens is 1. The maximum absolute atomic E-state index is 12.0. The van der Waals surface area contributed by atoms with E-state index in [2.05, 4.69) is 4.98 Å². The number of nitrogen functional groups attached to an aromatic ring is 1. The number of amides is 1. The molecule has 5 heteroatoms. The summed E-state index contributed by atoms with van der Waals surface area (Å²) in [6.07, 6.45) is 1.57. The minimum absolute atomic E-state index is 0.0115. The molecule has 1 saturated heterocycles. The van der Waals surface area contributed by atoms with E-state index in [1.807, 2.05) is 16.7 Å². The van der Waals surface area contributed by atoms with Crippen LogP contribution in [-0.4, -0.2) is 40.4 Å². The van der Waals surface area contributed by atoms with Gasteiger partial charge in [-0.3, -0.25) is 9.78 Å². The zero-order valence-corrected chi connectivity index (χ0v) is 9.17. The van der Waals surface area contributed by atoms with Crippen LogP contribution < -0.4 is 5.73 Å². The lowest BCUT2D eigenvalue weighted by molar-refractivity contribution is 0.0766. The monoisotopic (exact) mass is 223 g/mol. The van der Waals surface area contributed by atoms with Gasteiger partial charge in [0.15, 0.2) is 0 Å². The molecular weight excluding hydrogens is 210 g/mol. The summed E-state index contributed by atoms with van der Waals surface area (Å²) in [4.78, 5) is 17.8. The lowest BCUT2D eigenvalue weighted by Crippen LogP contribution is -2.38. The zero-order valence-electron chi connectivity index (χ0n) is 8.35. The van der Waals surface area contributed by atoms with E-state index in [1.165, 1.54) is 0 Å². The first-order chi connectivity index (χ1) is 7.27. The van der Waals surface area contributed by atoms with E-state index < -0.39 is 0 Å². The summed E-state index contributed by atoms with van der Waals surface area (Å²) in [5.74, 6) is 2.00. The maximum Gasteiger partial charge on any atom is 0.272 e. The summed E-state index contributed by atoms with van der Waals surface area (Å²) >= 11 is 1.88. The van der Waals surface area contributed by atoms with Gasteiger partial charge in [-0.25, -0.2) is 0 Å². The van der Waals surface area contributed by atoms with E-state index in [9.17, 15) is 4.79 Å². The number of hydrogen-bond donors (Lipinski definition) is 1. The van der Waals surface area contributed by atoms with E-state index in [4.69, 9.17) is 5.73 Å². The second-order valence-corrected chi connectivity index (χ2v) is 4.60.